The lowest BCUT2D eigenvalue weighted by Crippen LogP contribution is -2.39. The maximum absolute atomic E-state index is 14.3. The zero-order valence-corrected chi connectivity index (χ0v) is 14.5. The quantitative estimate of drug-likeness (QED) is 0.780. The molecular weight excluding hydrogens is 301 g/mol. The van der Waals surface area contributed by atoms with Gasteiger partial charge in [0.2, 0.25) is 0 Å². The van der Waals surface area contributed by atoms with Gasteiger partial charge in [-0.25, -0.2) is 4.39 Å². The molecule has 1 amide bonds. The van der Waals surface area contributed by atoms with Crippen molar-refractivity contribution in [2.24, 2.45) is 5.92 Å². The summed E-state index contributed by atoms with van der Waals surface area (Å²) in [7, 11) is 1.54. The number of thioether (sulfide) groups is 1. The van der Waals surface area contributed by atoms with Crippen LogP contribution in [-0.2, 0) is 0 Å². The van der Waals surface area contributed by atoms with Crippen molar-refractivity contribution >= 4 is 17.7 Å². The van der Waals surface area contributed by atoms with Crippen LogP contribution in [-0.4, -0.2) is 36.8 Å². The second-order valence-electron chi connectivity index (χ2n) is 6.02. The molecule has 1 saturated heterocycles. The number of likely N-dealkylation sites (tertiary alicyclic amines) is 1. The Balaban J connectivity index is 2.32. The molecule has 1 aromatic rings. The van der Waals surface area contributed by atoms with Crippen molar-refractivity contribution in [3.8, 4) is 5.75 Å². The molecule has 2 atom stereocenters. The Labute approximate surface area is 136 Å². The topological polar surface area (TPSA) is 29.5 Å². The van der Waals surface area contributed by atoms with E-state index in [1.807, 2.05) is 13.2 Å². The molecular formula is C17H24FNO2S. The second kappa shape index (κ2) is 7.36. The van der Waals surface area contributed by atoms with Gasteiger partial charge in [0.25, 0.3) is 5.91 Å². The fraction of sp³-hybridized carbons (Fsp3) is 0.588. The molecule has 0 saturated carbocycles. The highest BCUT2D eigenvalue weighted by Gasteiger charge is 2.28. The Hall–Kier alpha value is -1.23. The zero-order valence-electron chi connectivity index (χ0n) is 13.7. The van der Waals surface area contributed by atoms with Crippen molar-refractivity contribution in [3.63, 3.8) is 0 Å². The summed E-state index contributed by atoms with van der Waals surface area (Å²) in [5.74, 6) is 0.448. The van der Waals surface area contributed by atoms with E-state index in [9.17, 15) is 9.18 Å². The summed E-state index contributed by atoms with van der Waals surface area (Å²) < 4.78 is 19.6. The predicted octanol–water partition coefficient (Wildman–Crippen LogP) is 4.21. The minimum atomic E-state index is -0.473. The number of hydrogen-bond acceptors (Lipinski definition) is 3. The molecule has 1 heterocycles. The number of benzene rings is 1. The van der Waals surface area contributed by atoms with Crippen molar-refractivity contribution in [2.75, 3.05) is 19.9 Å². The molecule has 0 radical (unpaired) electrons. The summed E-state index contributed by atoms with van der Waals surface area (Å²) in [5, 5.41) is 0. The van der Waals surface area contributed by atoms with Crippen LogP contribution in [0.4, 0.5) is 4.39 Å². The molecule has 3 nitrogen and oxygen atoms in total. The Kier molecular flexibility index (Phi) is 5.73. The molecule has 1 unspecified atom stereocenters. The van der Waals surface area contributed by atoms with E-state index >= 15 is 0 Å². The first-order chi connectivity index (χ1) is 10.5. The molecule has 0 aliphatic carbocycles. The lowest BCUT2D eigenvalue weighted by molar-refractivity contribution is 0.0688. The fourth-order valence-corrected chi connectivity index (χ4v) is 3.70. The van der Waals surface area contributed by atoms with Crippen LogP contribution in [0.25, 0.3) is 0 Å². The Morgan fingerprint density at radius 3 is 2.77 bits per heavy atom. The van der Waals surface area contributed by atoms with Gasteiger partial charge in [-0.1, -0.05) is 6.92 Å². The normalized spacial score (nSPS) is 22.3. The van der Waals surface area contributed by atoms with Crippen molar-refractivity contribution in [1.29, 1.82) is 0 Å². The molecule has 5 heteroatoms. The summed E-state index contributed by atoms with van der Waals surface area (Å²) in [6.45, 7) is 4.95. The molecule has 1 aliphatic rings. The van der Waals surface area contributed by atoms with E-state index < -0.39 is 5.82 Å². The molecule has 1 aromatic carbocycles. The SMILES string of the molecule is COc1cc(C(=O)N2CCC[C@H](C)CC2C)c(F)cc1SC. The van der Waals surface area contributed by atoms with E-state index in [0.29, 0.717) is 23.1 Å². The standard InChI is InChI=1S/C17H24FNO2S/c1-11-6-5-7-19(12(2)8-11)17(20)13-9-15(21-3)16(22-4)10-14(13)18/h9-12H,5-8H2,1-4H3/t11-,12?/m0/s1. The van der Waals surface area contributed by atoms with Gasteiger partial charge in [-0.05, 0) is 50.5 Å². The smallest absolute Gasteiger partial charge is 0.257 e. The number of carbonyl (C=O) groups excluding carboxylic acids is 1. The predicted molar refractivity (Wildman–Crippen MR) is 88.2 cm³/mol. The van der Waals surface area contributed by atoms with Gasteiger partial charge in [0, 0.05) is 12.6 Å². The van der Waals surface area contributed by atoms with Gasteiger partial charge in [0.05, 0.1) is 17.6 Å². The van der Waals surface area contributed by atoms with Gasteiger partial charge >= 0.3 is 0 Å². The van der Waals surface area contributed by atoms with Crippen molar-refractivity contribution < 1.29 is 13.9 Å². The molecule has 1 aliphatic heterocycles. The number of nitrogens with zero attached hydrogens (tertiary/aromatic N) is 1. The third-order valence-electron chi connectivity index (χ3n) is 4.34. The molecule has 122 valence electrons. The van der Waals surface area contributed by atoms with Crippen LogP contribution in [0.1, 0.15) is 43.5 Å². The monoisotopic (exact) mass is 325 g/mol. The van der Waals surface area contributed by atoms with E-state index in [4.69, 9.17) is 4.74 Å². The second-order valence-corrected chi connectivity index (χ2v) is 6.87. The number of rotatable bonds is 3. The van der Waals surface area contributed by atoms with Gasteiger partial charge in [-0.15, -0.1) is 11.8 Å². The van der Waals surface area contributed by atoms with Gasteiger partial charge < -0.3 is 9.64 Å². The van der Waals surface area contributed by atoms with E-state index in [-0.39, 0.29) is 17.5 Å². The summed E-state index contributed by atoms with van der Waals surface area (Å²) >= 11 is 1.40. The van der Waals surface area contributed by atoms with E-state index in [1.165, 1.54) is 31.0 Å². The minimum Gasteiger partial charge on any atom is -0.496 e. The number of ether oxygens (including phenoxy) is 1. The number of halogens is 1. The van der Waals surface area contributed by atoms with Gasteiger partial charge in [0.15, 0.2) is 0 Å². The molecule has 0 N–H and O–H groups in total. The van der Waals surface area contributed by atoms with Crippen LogP contribution < -0.4 is 4.74 Å². The molecule has 0 spiro atoms. The van der Waals surface area contributed by atoms with Crippen LogP contribution >= 0.6 is 11.8 Å². The summed E-state index contributed by atoms with van der Waals surface area (Å²) in [6.07, 6.45) is 4.91. The van der Waals surface area contributed by atoms with Crippen LogP contribution in [0.15, 0.2) is 17.0 Å². The largest absolute Gasteiger partial charge is 0.496 e. The van der Waals surface area contributed by atoms with E-state index in [1.54, 1.807) is 4.90 Å². The maximum atomic E-state index is 14.3. The number of carbonyl (C=O) groups is 1. The Morgan fingerprint density at radius 1 is 1.41 bits per heavy atom. The summed E-state index contributed by atoms with van der Waals surface area (Å²) in [4.78, 5) is 15.3. The third-order valence-corrected chi connectivity index (χ3v) is 5.09. The van der Waals surface area contributed by atoms with E-state index in [2.05, 4.69) is 6.92 Å². The third kappa shape index (κ3) is 3.57. The lowest BCUT2D eigenvalue weighted by Gasteiger charge is -2.28. The highest BCUT2D eigenvalue weighted by atomic mass is 32.2. The Bertz CT molecular complexity index is 550. The van der Waals surface area contributed by atoms with Crippen molar-refractivity contribution in [2.45, 2.75) is 44.0 Å². The molecule has 0 aromatic heterocycles. The highest BCUT2D eigenvalue weighted by Crippen LogP contribution is 2.32. The van der Waals surface area contributed by atoms with Gasteiger partial charge in [-0.2, -0.15) is 0 Å². The van der Waals surface area contributed by atoms with Crippen molar-refractivity contribution in [1.82, 2.24) is 4.90 Å². The maximum Gasteiger partial charge on any atom is 0.257 e. The average molecular weight is 325 g/mol. The number of hydrogen-bond donors (Lipinski definition) is 0. The molecule has 0 bridgehead atoms. The van der Waals surface area contributed by atoms with Crippen LogP contribution in [0, 0.1) is 11.7 Å². The first-order valence-corrected chi connectivity index (χ1v) is 8.92. The number of methoxy groups -OCH3 is 1. The van der Waals surface area contributed by atoms with Gasteiger partial charge in [0.1, 0.15) is 11.6 Å². The lowest BCUT2D eigenvalue weighted by atomic mass is 10.00. The van der Waals surface area contributed by atoms with Crippen LogP contribution in [0.2, 0.25) is 0 Å². The average Bonchev–Trinajstić information content (AvgIpc) is 2.66. The van der Waals surface area contributed by atoms with Crippen LogP contribution in [0.3, 0.4) is 0 Å². The number of amides is 1. The van der Waals surface area contributed by atoms with E-state index in [0.717, 1.165) is 19.3 Å². The van der Waals surface area contributed by atoms with Crippen molar-refractivity contribution in [3.05, 3.63) is 23.5 Å². The molecule has 1 fully saturated rings. The minimum absolute atomic E-state index is 0.107. The molecule has 22 heavy (non-hydrogen) atoms. The summed E-state index contributed by atoms with van der Waals surface area (Å²) in [5.41, 5.74) is 0.107. The van der Waals surface area contributed by atoms with Crippen LogP contribution in [0.5, 0.6) is 5.75 Å². The summed E-state index contributed by atoms with van der Waals surface area (Å²) in [6, 6.07) is 3.06. The fourth-order valence-electron chi connectivity index (χ4n) is 3.13. The highest BCUT2D eigenvalue weighted by molar-refractivity contribution is 7.98. The molecule has 2 rings (SSSR count). The Morgan fingerprint density at radius 2 is 2.14 bits per heavy atom. The first kappa shape index (κ1) is 17.1. The first-order valence-electron chi connectivity index (χ1n) is 7.70. The zero-order chi connectivity index (χ0) is 16.3. The van der Waals surface area contributed by atoms with Gasteiger partial charge in [-0.3, -0.25) is 4.79 Å².